The van der Waals surface area contributed by atoms with Crippen LogP contribution in [0.25, 0.3) is 6.08 Å². The molecule has 0 aliphatic carbocycles. The lowest BCUT2D eigenvalue weighted by molar-refractivity contribution is -0.137. The fraction of sp³-hybridized carbons (Fsp3) is 0.111. The van der Waals surface area contributed by atoms with E-state index in [1.807, 2.05) is 0 Å². The second-order valence-corrected chi connectivity index (χ2v) is 7.39. The highest BCUT2D eigenvalue weighted by molar-refractivity contribution is 8.26. The van der Waals surface area contributed by atoms with Crippen LogP contribution in [-0.2, 0) is 17.5 Å². The average Bonchev–Trinajstić information content (AvgIpc) is 2.85. The van der Waals surface area contributed by atoms with Crippen molar-refractivity contribution in [3.05, 3.63) is 64.1 Å². The maximum Gasteiger partial charge on any atom is 0.416 e. The van der Waals surface area contributed by atoms with Gasteiger partial charge >= 0.3 is 6.18 Å². The van der Waals surface area contributed by atoms with Crippen LogP contribution in [-0.4, -0.2) is 25.3 Å². The van der Waals surface area contributed by atoms with Crippen molar-refractivity contribution in [3.8, 4) is 11.5 Å². The molecule has 4 nitrogen and oxygen atoms in total. The van der Waals surface area contributed by atoms with Gasteiger partial charge in [-0.1, -0.05) is 42.2 Å². The highest BCUT2D eigenvalue weighted by Crippen LogP contribution is 2.35. The van der Waals surface area contributed by atoms with E-state index < -0.39 is 11.7 Å². The first-order valence-electron chi connectivity index (χ1n) is 7.58. The molecular weight excluding hydrogens is 399 g/mol. The van der Waals surface area contributed by atoms with Gasteiger partial charge in [0, 0.05) is 0 Å². The van der Waals surface area contributed by atoms with E-state index in [9.17, 15) is 28.2 Å². The third kappa shape index (κ3) is 4.25. The zero-order valence-corrected chi connectivity index (χ0v) is 15.2. The lowest BCUT2D eigenvalue weighted by atomic mass is 10.1. The number of alkyl halides is 3. The number of phenols is 2. The molecule has 140 valence electrons. The first-order valence-corrected chi connectivity index (χ1v) is 8.81. The van der Waals surface area contributed by atoms with Crippen molar-refractivity contribution in [1.29, 1.82) is 0 Å². The summed E-state index contributed by atoms with van der Waals surface area (Å²) >= 11 is 6.26. The topological polar surface area (TPSA) is 60.8 Å². The average molecular weight is 411 g/mol. The van der Waals surface area contributed by atoms with Gasteiger partial charge in [-0.3, -0.25) is 9.69 Å². The first-order chi connectivity index (χ1) is 12.6. The Hall–Kier alpha value is -2.52. The molecule has 1 aliphatic heterocycles. The van der Waals surface area contributed by atoms with Crippen LogP contribution < -0.4 is 0 Å². The van der Waals surface area contributed by atoms with Gasteiger partial charge in [0.25, 0.3) is 5.91 Å². The van der Waals surface area contributed by atoms with E-state index in [-0.39, 0.29) is 28.3 Å². The fourth-order valence-corrected chi connectivity index (χ4v) is 3.65. The molecule has 2 aromatic rings. The summed E-state index contributed by atoms with van der Waals surface area (Å²) in [5.74, 6) is -0.969. The van der Waals surface area contributed by atoms with Crippen molar-refractivity contribution >= 4 is 40.3 Å². The molecular formula is C18H12F3NO3S2. The minimum absolute atomic E-state index is 0.0565. The Bertz CT molecular complexity index is 940. The summed E-state index contributed by atoms with van der Waals surface area (Å²) in [4.78, 5) is 14.2. The quantitative estimate of drug-likeness (QED) is 0.442. The first kappa shape index (κ1) is 19.2. The van der Waals surface area contributed by atoms with E-state index in [1.165, 1.54) is 41.3 Å². The standard InChI is InChI=1S/C18H12F3NO3S2/c19-18(20,21)12-4-1-10(2-5-12)9-22-16(25)15(27-17(22)26)8-11-3-6-13(23)14(24)7-11/h1-8,23-24H,9H2. The van der Waals surface area contributed by atoms with E-state index >= 15 is 0 Å². The van der Waals surface area contributed by atoms with Crippen LogP contribution in [0.1, 0.15) is 16.7 Å². The minimum atomic E-state index is -4.42. The molecule has 2 N–H and O–H groups in total. The molecule has 27 heavy (non-hydrogen) atoms. The smallest absolute Gasteiger partial charge is 0.416 e. The Morgan fingerprint density at radius 1 is 1.07 bits per heavy atom. The van der Waals surface area contributed by atoms with E-state index in [0.717, 1.165) is 23.9 Å². The Balaban J connectivity index is 1.78. The highest BCUT2D eigenvalue weighted by Gasteiger charge is 2.33. The largest absolute Gasteiger partial charge is 0.504 e. The number of nitrogens with zero attached hydrogens (tertiary/aromatic N) is 1. The summed E-state index contributed by atoms with van der Waals surface area (Å²) in [5.41, 5.74) is 0.256. The van der Waals surface area contributed by atoms with Gasteiger partial charge in [-0.2, -0.15) is 13.2 Å². The number of amides is 1. The van der Waals surface area contributed by atoms with E-state index in [1.54, 1.807) is 0 Å². The number of aromatic hydroxyl groups is 2. The maximum atomic E-state index is 12.6. The van der Waals surface area contributed by atoms with Gasteiger partial charge in [0.05, 0.1) is 17.0 Å². The van der Waals surface area contributed by atoms with Crippen molar-refractivity contribution < 1.29 is 28.2 Å². The number of phenolic OH excluding ortho intramolecular Hbond substituents is 2. The molecule has 1 heterocycles. The Labute approximate surface area is 161 Å². The van der Waals surface area contributed by atoms with Gasteiger partial charge in [-0.05, 0) is 41.5 Å². The van der Waals surface area contributed by atoms with Crippen LogP contribution in [0.4, 0.5) is 13.2 Å². The van der Waals surface area contributed by atoms with Crippen molar-refractivity contribution in [2.75, 3.05) is 0 Å². The summed E-state index contributed by atoms with van der Waals surface area (Å²) in [5, 5.41) is 18.9. The Kier molecular flexibility index (Phi) is 5.16. The zero-order chi connectivity index (χ0) is 19.8. The number of halogens is 3. The number of thioether (sulfide) groups is 1. The number of carbonyl (C=O) groups excluding carboxylic acids is 1. The van der Waals surface area contributed by atoms with Crippen LogP contribution in [0.3, 0.4) is 0 Å². The molecule has 0 spiro atoms. The second-order valence-electron chi connectivity index (χ2n) is 5.71. The second kappa shape index (κ2) is 7.24. The number of hydrogen-bond acceptors (Lipinski definition) is 5. The number of hydrogen-bond donors (Lipinski definition) is 2. The van der Waals surface area contributed by atoms with Crippen molar-refractivity contribution in [2.24, 2.45) is 0 Å². The number of thiocarbonyl (C=S) groups is 1. The number of carbonyl (C=O) groups is 1. The predicted octanol–water partition coefficient (Wildman–Crippen LogP) is 4.52. The molecule has 1 fully saturated rings. The zero-order valence-electron chi connectivity index (χ0n) is 13.5. The molecule has 9 heteroatoms. The number of benzene rings is 2. The van der Waals surface area contributed by atoms with Crippen LogP contribution >= 0.6 is 24.0 Å². The molecule has 0 radical (unpaired) electrons. The third-order valence-electron chi connectivity index (χ3n) is 3.79. The molecule has 0 bridgehead atoms. The maximum absolute atomic E-state index is 12.6. The Morgan fingerprint density at radius 2 is 1.74 bits per heavy atom. The van der Waals surface area contributed by atoms with E-state index in [4.69, 9.17) is 12.2 Å². The Morgan fingerprint density at radius 3 is 2.33 bits per heavy atom. The van der Waals surface area contributed by atoms with Gasteiger partial charge in [0.15, 0.2) is 11.5 Å². The van der Waals surface area contributed by atoms with Crippen LogP contribution in [0, 0.1) is 0 Å². The van der Waals surface area contributed by atoms with Crippen LogP contribution in [0.2, 0.25) is 0 Å². The molecule has 0 aromatic heterocycles. The summed E-state index contributed by atoms with van der Waals surface area (Å²) < 4.78 is 38.2. The lowest BCUT2D eigenvalue weighted by Gasteiger charge is -2.15. The fourth-order valence-electron chi connectivity index (χ4n) is 2.40. The van der Waals surface area contributed by atoms with Gasteiger partial charge in [-0.25, -0.2) is 0 Å². The molecule has 1 amide bonds. The predicted molar refractivity (Wildman–Crippen MR) is 99.9 cm³/mol. The number of rotatable bonds is 3. The normalized spacial score (nSPS) is 16.4. The molecule has 0 saturated carbocycles. The third-order valence-corrected chi connectivity index (χ3v) is 5.17. The van der Waals surface area contributed by atoms with Gasteiger partial charge < -0.3 is 10.2 Å². The van der Waals surface area contributed by atoms with Crippen LogP contribution in [0.15, 0.2) is 47.4 Å². The van der Waals surface area contributed by atoms with Gasteiger partial charge in [-0.15, -0.1) is 0 Å². The molecule has 2 aromatic carbocycles. The summed E-state index contributed by atoms with van der Waals surface area (Å²) in [6.07, 6.45) is -2.90. The van der Waals surface area contributed by atoms with Crippen LogP contribution in [0.5, 0.6) is 11.5 Å². The summed E-state index contributed by atoms with van der Waals surface area (Å²) in [6, 6.07) is 8.66. The summed E-state index contributed by atoms with van der Waals surface area (Å²) in [6.45, 7) is 0.0565. The summed E-state index contributed by atoms with van der Waals surface area (Å²) in [7, 11) is 0. The monoisotopic (exact) mass is 411 g/mol. The van der Waals surface area contributed by atoms with Crippen molar-refractivity contribution in [1.82, 2.24) is 4.90 Å². The van der Waals surface area contributed by atoms with E-state index in [2.05, 4.69) is 0 Å². The molecule has 3 rings (SSSR count). The van der Waals surface area contributed by atoms with Crippen molar-refractivity contribution in [2.45, 2.75) is 12.7 Å². The SMILES string of the molecule is O=C1C(=Cc2ccc(O)c(O)c2)SC(=S)N1Cc1ccc(C(F)(F)F)cc1. The molecule has 0 unspecified atom stereocenters. The van der Waals surface area contributed by atoms with Crippen molar-refractivity contribution in [3.63, 3.8) is 0 Å². The van der Waals surface area contributed by atoms with Gasteiger partial charge in [0.2, 0.25) is 0 Å². The van der Waals surface area contributed by atoms with Gasteiger partial charge in [0.1, 0.15) is 4.32 Å². The minimum Gasteiger partial charge on any atom is -0.504 e. The molecule has 1 saturated heterocycles. The molecule has 1 aliphatic rings. The van der Waals surface area contributed by atoms with E-state index in [0.29, 0.717) is 16.0 Å². The lowest BCUT2D eigenvalue weighted by Crippen LogP contribution is -2.27. The molecule has 0 atom stereocenters. The highest BCUT2D eigenvalue weighted by atomic mass is 32.2.